The van der Waals surface area contributed by atoms with E-state index in [1.807, 2.05) is 31.6 Å². The van der Waals surface area contributed by atoms with E-state index in [1.165, 1.54) is 11.3 Å². The average molecular weight is 323 g/mol. The summed E-state index contributed by atoms with van der Waals surface area (Å²) in [5, 5.41) is 4.88. The van der Waals surface area contributed by atoms with E-state index < -0.39 is 0 Å². The number of rotatable bonds is 6. The first-order chi connectivity index (χ1) is 10.6. The fourth-order valence-electron chi connectivity index (χ4n) is 2.71. The molecule has 6 heteroatoms. The molecule has 1 atom stereocenters. The second-order valence-electron chi connectivity index (χ2n) is 5.94. The Morgan fingerprint density at radius 2 is 2.23 bits per heavy atom. The molecule has 0 aromatic carbocycles. The van der Waals surface area contributed by atoms with Gasteiger partial charge in [0.05, 0.1) is 4.88 Å². The van der Waals surface area contributed by atoms with E-state index in [0.29, 0.717) is 18.0 Å². The summed E-state index contributed by atoms with van der Waals surface area (Å²) in [6.45, 7) is 2.28. The third-order valence-corrected chi connectivity index (χ3v) is 4.74. The summed E-state index contributed by atoms with van der Waals surface area (Å²) in [4.78, 5) is 29.5. The number of hydrogen-bond acceptors (Lipinski definition) is 4. The van der Waals surface area contributed by atoms with Crippen molar-refractivity contribution in [2.45, 2.75) is 31.7 Å². The molecule has 0 aliphatic carbocycles. The lowest BCUT2D eigenvalue weighted by molar-refractivity contribution is -0.126. The van der Waals surface area contributed by atoms with Crippen LogP contribution in [0.1, 0.15) is 35.4 Å². The van der Waals surface area contributed by atoms with Crippen LogP contribution in [0.15, 0.2) is 17.5 Å². The molecule has 22 heavy (non-hydrogen) atoms. The lowest BCUT2D eigenvalue weighted by atomic mass is 10.0. The molecule has 0 spiro atoms. The van der Waals surface area contributed by atoms with Gasteiger partial charge < -0.3 is 15.1 Å². The van der Waals surface area contributed by atoms with E-state index in [2.05, 4.69) is 10.2 Å². The standard InChI is InChI=1S/C16H25N3O2S/c1-18(2)10-6-9-17-15(20)13-7-3-4-11-19(13)16(21)14-8-5-12-22-14/h5,8,12-13H,3-4,6-7,9-11H2,1-2H3,(H,17,20). The summed E-state index contributed by atoms with van der Waals surface area (Å²) in [6.07, 6.45) is 3.66. The van der Waals surface area contributed by atoms with Gasteiger partial charge in [0.1, 0.15) is 6.04 Å². The molecule has 5 nitrogen and oxygen atoms in total. The Morgan fingerprint density at radius 3 is 2.91 bits per heavy atom. The van der Waals surface area contributed by atoms with Gasteiger partial charge in [0.25, 0.3) is 5.91 Å². The highest BCUT2D eigenvalue weighted by molar-refractivity contribution is 7.12. The maximum atomic E-state index is 12.5. The Bertz CT molecular complexity index is 488. The van der Waals surface area contributed by atoms with Crippen LogP contribution in [0.3, 0.4) is 0 Å². The number of nitrogens with zero attached hydrogens (tertiary/aromatic N) is 2. The normalized spacial score (nSPS) is 18.5. The monoisotopic (exact) mass is 323 g/mol. The van der Waals surface area contributed by atoms with E-state index in [0.717, 1.165) is 32.2 Å². The number of carbonyl (C=O) groups excluding carboxylic acids is 2. The van der Waals surface area contributed by atoms with Crippen LogP contribution < -0.4 is 5.32 Å². The molecule has 1 fully saturated rings. The van der Waals surface area contributed by atoms with Gasteiger partial charge in [-0.2, -0.15) is 0 Å². The van der Waals surface area contributed by atoms with Crippen LogP contribution in [0.4, 0.5) is 0 Å². The van der Waals surface area contributed by atoms with Crippen molar-refractivity contribution >= 4 is 23.2 Å². The van der Waals surface area contributed by atoms with Crippen LogP contribution in [0.2, 0.25) is 0 Å². The third-order valence-electron chi connectivity index (χ3n) is 3.88. The number of piperidine rings is 1. The lowest BCUT2D eigenvalue weighted by Gasteiger charge is -2.34. The first-order valence-corrected chi connectivity index (χ1v) is 8.74. The molecule has 2 amide bonds. The zero-order valence-corrected chi connectivity index (χ0v) is 14.2. The van der Waals surface area contributed by atoms with Gasteiger partial charge in [-0.25, -0.2) is 0 Å². The van der Waals surface area contributed by atoms with E-state index in [1.54, 1.807) is 4.90 Å². The molecular formula is C16H25N3O2S. The summed E-state index contributed by atoms with van der Waals surface area (Å²) in [7, 11) is 4.04. The maximum absolute atomic E-state index is 12.5. The highest BCUT2D eigenvalue weighted by atomic mass is 32.1. The molecule has 1 aliphatic rings. The van der Waals surface area contributed by atoms with Crippen molar-refractivity contribution in [2.24, 2.45) is 0 Å². The van der Waals surface area contributed by atoms with E-state index in [4.69, 9.17) is 0 Å². The van der Waals surface area contributed by atoms with Gasteiger partial charge in [-0.3, -0.25) is 9.59 Å². The highest BCUT2D eigenvalue weighted by Crippen LogP contribution is 2.21. The zero-order valence-electron chi connectivity index (χ0n) is 13.4. The molecule has 1 aromatic heterocycles. The topological polar surface area (TPSA) is 52.7 Å². The van der Waals surface area contributed by atoms with Crippen molar-refractivity contribution in [3.63, 3.8) is 0 Å². The molecule has 1 N–H and O–H groups in total. The molecule has 1 aliphatic heterocycles. The number of carbonyl (C=O) groups is 2. The van der Waals surface area contributed by atoms with Gasteiger partial charge in [0.15, 0.2) is 0 Å². The molecule has 0 bridgehead atoms. The predicted molar refractivity (Wildman–Crippen MR) is 89.2 cm³/mol. The van der Waals surface area contributed by atoms with Gasteiger partial charge in [-0.15, -0.1) is 11.3 Å². The smallest absolute Gasteiger partial charge is 0.264 e. The summed E-state index contributed by atoms with van der Waals surface area (Å²) in [5.74, 6) is -0.0218. The number of thiophene rings is 1. The van der Waals surface area contributed by atoms with Crippen molar-refractivity contribution in [1.29, 1.82) is 0 Å². The predicted octanol–water partition coefficient (Wildman–Crippen LogP) is 1.81. The number of hydrogen-bond donors (Lipinski definition) is 1. The number of likely N-dealkylation sites (tertiary alicyclic amines) is 1. The molecular weight excluding hydrogens is 298 g/mol. The van der Waals surface area contributed by atoms with Crippen LogP contribution in [-0.2, 0) is 4.79 Å². The second-order valence-corrected chi connectivity index (χ2v) is 6.88. The molecule has 0 radical (unpaired) electrons. The van der Waals surface area contributed by atoms with Crippen LogP contribution >= 0.6 is 11.3 Å². The first-order valence-electron chi connectivity index (χ1n) is 7.86. The van der Waals surface area contributed by atoms with E-state index in [9.17, 15) is 9.59 Å². The number of amides is 2. The largest absolute Gasteiger partial charge is 0.354 e. The number of nitrogens with one attached hydrogen (secondary N) is 1. The molecule has 0 saturated carbocycles. The van der Waals surface area contributed by atoms with Crippen LogP contribution in [-0.4, -0.2) is 61.4 Å². The van der Waals surface area contributed by atoms with Gasteiger partial charge in [0.2, 0.25) is 5.91 Å². The van der Waals surface area contributed by atoms with Crippen molar-refractivity contribution in [2.75, 3.05) is 33.7 Å². The molecule has 2 rings (SSSR count). The highest BCUT2D eigenvalue weighted by Gasteiger charge is 2.32. The van der Waals surface area contributed by atoms with Crippen molar-refractivity contribution < 1.29 is 9.59 Å². The fraction of sp³-hybridized carbons (Fsp3) is 0.625. The minimum absolute atomic E-state index is 0.0108. The second kappa shape index (κ2) is 8.29. The van der Waals surface area contributed by atoms with Gasteiger partial charge in [-0.05, 0) is 57.8 Å². The lowest BCUT2D eigenvalue weighted by Crippen LogP contribution is -2.52. The molecule has 1 unspecified atom stereocenters. The minimum Gasteiger partial charge on any atom is -0.354 e. The summed E-state index contributed by atoms with van der Waals surface area (Å²) < 4.78 is 0. The fourth-order valence-corrected chi connectivity index (χ4v) is 3.39. The SMILES string of the molecule is CN(C)CCCNC(=O)C1CCCCN1C(=O)c1cccs1. The Hall–Kier alpha value is -1.40. The Kier molecular flexibility index (Phi) is 6.39. The maximum Gasteiger partial charge on any atom is 0.264 e. The molecule has 1 saturated heterocycles. The van der Waals surface area contributed by atoms with Crippen molar-refractivity contribution in [1.82, 2.24) is 15.1 Å². The van der Waals surface area contributed by atoms with Gasteiger partial charge in [-0.1, -0.05) is 6.07 Å². The summed E-state index contributed by atoms with van der Waals surface area (Å²) in [6, 6.07) is 3.38. The summed E-state index contributed by atoms with van der Waals surface area (Å²) >= 11 is 1.43. The Balaban J connectivity index is 1.91. The average Bonchev–Trinajstić information content (AvgIpc) is 3.05. The Labute approximate surface area is 136 Å². The summed E-state index contributed by atoms with van der Waals surface area (Å²) in [5.41, 5.74) is 0. The van der Waals surface area contributed by atoms with Gasteiger partial charge >= 0.3 is 0 Å². The van der Waals surface area contributed by atoms with Crippen molar-refractivity contribution in [3.8, 4) is 0 Å². The Morgan fingerprint density at radius 1 is 1.41 bits per heavy atom. The zero-order chi connectivity index (χ0) is 15.9. The third kappa shape index (κ3) is 4.55. The first kappa shape index (κ1) is 17.0. The van der Waals surface area contributed by atoms with Crippen LogP contribution in [0.5, 0.6) is 0 Å². The molecule has 1 aromatic rings. The van der Waals surface area contributed by atoms with Crippen molar-refractivity contribution in [3.05, 3.63) is 22.4 Å². The minimum atomic E-state index is -0.317. The van der Waals surface area contributed by atoms with Crippen LogP contribution in [0, 0.1) is 0 Å². The van der Waals surface area contributed by atoms with Crippen LogP contribution in [0.25, 0.3) is 0 Å². The molecule has 122 valence electrons. The van der Waals surface area contributed by atoms with E-state index in [-0.39, 0.29) is 17.9 Å². The molecule has 2 heterocycles. The van der Waals surface area contributed by atoms with Gasteiger partial charge in [0, 0.05) is 13.1 Å². The quantitative estimate of drug-likeness (QED) is 0.813. The van der Waals surface area contributed by atoms with E-state index >= 15 is 0 Å².